The number of aromatic nitrogens is 2. The highest BCUT2D eigenvalue weighted by Gasteiger charge is 2.39. The average Bonchev–Trinajstić information content (AvgIpc) is 2.83. The standard InChI is InChI=1S/C10H13ClN4/c11-9-8(12)10(14-5-13-9)15-4-6-1-2-7(15)3-6/h5-7H,1-4,12H2. The van der Waals surface area contributed by atoms with E-state index in [4.69, 9.17) is 17.3 Å². The summed E-state index contributed by atoms with van der Waals surface area (Å²) in [6.45, 7) is 1.07. The first-order valence-corrected chi connectivity index (χ1v) is 5.66. The van der Waals surface area contributed by atoms with E-state index in [1.165, 1.54) is 25.6 Å². The summed E-state index contributed by atoms with van der Waals surface area (Å²) < 4.78 is 0. The van der Waals surface area contributed by atoms with Crippen LogP contribution in [0.3, 0.4) is 0 Å². The van der Waals surface area contributed by atoms with Crippen molar-refractivity contribution < 1.29 is 0 Å². The second kappa shape index (κ2) is 3.23. The zero-order valence-corrected chi connectivity index (χ0v) is 9.11. The summed E-state index contributed by atoms with van der Waals surface area (Å²) in [5, 5.41) is 0.364. The average molecular weight is 225 g/mol. The van der Waals surface area contributed by atoms with Gasteiger partial charge in [-0.2, -0.15) is 0 Å². The third-order valence-corrected chi connectivity index (χ3v) is 3.80. The number of nitrogens with two attached hydrogens (primary N) is 1. The third-order valence-electron chi connectivity index (χ3n) is 3.50. The van der Waals surface area contributed by atoms with Crippen molar-refractivity contribution in [1.29, 1.82) is 0 Å². The van der Waals surface area contributed by atoms with Gasteiger partial charge in [-0.05, 0) is 25.2 Å². The maximum absolute atomic E-state index is 5.90. The predicted molar refractivity (Wildman–Crippen MR) is 59.9 cm³/mol. The summed E-state index contributed by atoms with van der Waals surface area (Å²) in [7, 11) is 0. The molecule has 1 aliphatic heterocycles. The fourth-order valence-corrected chi connectivity index (χ4v) is 2.91. The molecule has 15 heavy (non-hydrogen) atoms. The molecular weight excluding hydrogens is 212 g/mol. The molecule has 0 aromatic carbocycles. The Kier molecular flexibility index (Phi) is 1.99. The van der Waals surface area contributed by atoms with Gasteiger partial charge < -0.3 is 10.6 Å². The van der Waals surface area contributed by atoms with Crippen LogP contribution in [0.2, 0.25) is 5.15 Å². The Hall–Kier alpha value is -1.03. The van der Waals surface area contributed by atoms with Gasteiger partial charge in [-0.25, -0.2) is 9.97 Å². The Morgan fingerprint density at radius 3 is 2.93 bits per heavy atom. The minimum atomic E-state index is 0.364. The summed E-state index contributed by atoms with van der Waals surface area (Å²) >= 11 is 5.89. The molecule has 0 spiro atoms. The second-order valence-corrected chi connectivity index (χ2v) is 4.75. The highest BCUT2D eigenvalue weighted by atomic mass is 35.5. The van der Waals surface area contributed by atoms with E-state index in [0.29, 0.717) is 16.9 Å². The van der Waals surface area contributed by atoms with Crippen molar-refractivity contribution in [3.8, 4) is 0 Å². The SMILES string of the molecule is Nc1c(Cl)ncnc1N1CC2CCC1C2. The fraction of sp³-hybridized carbons (Fsp3) is 0.600. The van der Waals surface area contributed by atoms with Crippen molar-refractivity contribution >= 4 is 23.1 Å². The van der Waals surface area contributed by atoms with Crippen LogP contribution in [0.1, 0.15) is 19.3 Å². The van der Waals surface area contributed by atoms with Crippen LogP contribution >= 0.6 is 11.6 Å². The van der Waals surface area contributed by atoms with Crippen LogP contribution in [0.15, 0.2) is 6.33 Å². The number of rotatable bonds is 1. The predicted octanol–water partition coefficient (Wildman–Crippen LogP) is 1.70. The van der Waals surface area contributed by atoms with Gasteiger partial charge in [-0.1, -0.05) is 11.6 Å². The van der Waals surface area contributed by atoms with Crippen molar-refractivity contribution in [3.05, 3.63) is 11.5 Å². The van der Waals surface area contributed by atoms with Crippen LogP contribution in [0.5, 0.6) is 0 Å². The van der Waals surface area contributed by atoms with E-state index in [1.54, 1.807) is 0 Å². The molecule has 1 saturated carbocycles. The van der Waals surface area contributed by atoms with Crippen LogP contribution < -0.4 is 10.6 Å². The van der Waals surface area contributed by atoms with Gasteiger partial charge >= 0.3 is 0 Å². The van der Waals surface area contributed by atoms with Crippen LogP contribution in [-0.2, 0) is 0 Å². The van der Waals surface area contributed by atoms with Crippen molar-refractivity contribution in [3.63, 3.8) is 0 Å². The minimum Gasteiger partial charge on any atom is -0.393 e. The molecule has 1 aliphatic carbocycles. The smallest absolute Gasteiger partial charge is 0.157 e. The van der Waals surface area contributed by atoms with E-state index in [9.17, 15) is 0 Å². The number of nitrogen functional groups attached to an aromatic ring is 1. The normalized spacial score (nSPS) is 28.7. The molecule has 2 atom stereocenters. The molecule has 2 unspecified atom stereocenters. The molecule has 2 heterocycles. The van der Waals surface area contributed by atoms with E-state index in [0.717, 1.165) is 18.3 Å². The quantitative estimate of drug-likeness (QED) is 0.738. The topological polar surface area (TPSA) is 55.0 Å². The molecule has 3 rings (SSSR count). The number of fused-ring (bicyclic) bond motifs is 2. The van der Waals surface area contributed by atoms with Gasteiger partial charge in [0, 0.05) is 12.6 Å². The first-order chi connectivity index (χ1) is 7.25. The van der Waals surface area contributed by atoms with Gasteiger partial charge in [0.2, 0.25) is 0 Å². The van der Waals surface area contributed by atoms with E-state index in [-0.39, 0.29) is 0 Å². The lowest BCUT2D eigenvalue weighted by Gasteiger charge is -2.28. The van der Waals surface area contributed by atoms with Gasteiger partial charge in [0.25, 0.3) is 0 Å². The summed E-state index contributed by atoms with van der Waals surface area (Å²) in [4.78, 5) is 10.4. The minimum absolute atomic E-state index is 0.364. The molecule has 5 heteroatoms. The molecule has 2 fully saturated rings. The number of anilines is 2. The highest BCUT2D eigenvalue weighted by Crippen LogP contribution is 2.41. The van der Waals surface area contributed by atoms with Crippen molar-refractivity contribution in [2.24, 2.45) is 5.92 Å². The van der Waals surface area contributed by atoms with Gasteiger partial charge in [0.15, 0.2) is 11.0 Å². The Labute approximate surface area is 93.5 Å². The molecule has 2 bridgehead atoms. The largest absolute Gasteiger partial charge is 0.393 e. The number of hydrogen-bond acceptors (Lipinski definition) is 4. The van der Waals surface area contributed by atoms with Gasteiger partial charge in [-0.15, -0.1) is 0 Å². The third kappa shape index (κ3) is 1.35. The van der Waals surface area contributed by atoms with E-state index >= 15 is 0 Å². The maximum atomic E-state index is 5.90. The van der Waals surface area contributed by atoms with Gasteiger partial charge in [-0.3, -0.25) is 0 Å². The lowest BCUT2D eigenvalue weighted by atomic mass is 10.1. The molecule has 4 nitrogen and oxygen atoms in total. The number of hydrogen-bond donors (Lipinski definition) is 1. The summed E-state index contributed by atoms with van der Waals surface area (Å²) in [5.41, 5.74) is 6.42. The molecule has 1 saturated heterocycles. The van der Waals surface area contributed by atoms with E-state index in [1.807, 2.05) is 0 Å². The summed E-state index contributed by atoms with van der Waals surface area (Å²) in [6.07, 6.45) is 5.37. The van der Waals surface area contributed by atoms with Crippen molar-refractivity contribution in [1.82, 2.24) is 9.97 Å². The molecule has 0 amide bonds. The van der Waals surface area contributed by atoms with Crippen LogP contribution in [-0.4, -0.2) is 22.6 Å². The Balaban J connectivity index is 1.96. The number of halogens is 1. The van der Waals surface area contributed by atoms with Crippen LogP contribution in [0.4, 0.5) is 11.5 Å². The Morgan fingerprint density at radius 2 is 2.27 bits per heavy atom. The Morgan fingerprint density at radius 1 is 1.40 bits per heavy atom. The number of piperidine rings is 1. The molecule has 1 aromatic heterocycles. The van der Waals surface area contributed by atoms with Crippen LogP contribution in [0, 0.1) is 5.92 Å². The molecule has 1 aromatic rings. The first kappa shape index (κ1) is 9.21. The lowest BCUT2D eigenvalue weighted by molar-refractivity contribution is 0.550. The van der Waals surface area contributed by atoms with Crippen molar-refractivity contribution in [2.75, 3.05) is 17.2 Å². The zero-order valence-electron chi connectivity index (χ0n) is 8.36. The Bertz CT molecular complexity index is 395. The number of nitrogens with zero attached hydrogens (tertiary/aromatic N) is 3. The highest BCUT2D eigenvalue weighted by molar-refractivity contribution is 6.32. The van der Waals surface area contributed by atoms with E-state index in [2.05, 4.69) is 14.9 Å². The fourth-order valence-electron chi connectivity index (χ4n) is 2.78. The summed E-state index contributed by atoms with van der Waals surface area (Å²) in [5.74, 6) is 1.64. The molecule has 2 aliphatic rings. The summed E-state index contributed by atoms with van der Waals surface area (Å²) in [6, 6.07) is 0.614. The zero-order chi connectivity index (χ0) is 10.4. The van der Waals surface area contributed by atoms with Gasteiger partial charge in [0.1, 0.15) is 12.0 Å². The molecular formula is C10H13ClN4. The monoisotopic (exact) mass is 224 g/mol. The lowest BCUT2D eigenvalue weighted by Crippen LogP contribution is -2.33. The maximum Gasteiger partial charge on any atom is 0.157 e. The molecule has 0 radical (unpaired) electrons. The first-order valence-electron chi connectivity index (χ1n) is 5.28. The van der Waals surface area contributed by atoms with Gasteiger partial charge in [0.05, 0.1) is 0 Å². The molecule has 2 N–H and O–H groups in total. The van der Waals surface area contributed by atoms with Crippen molar-refractivity contribution in [2.45, 2.75) is 25.3 Å². The molecule has 80 valence electrons. The second-order valence-electron chi connectivity index (χ2n) is 4.39. The van der Waals surface area contributed by atoms with Crippen LogP contribution in [0.25, 0.3) is 0 Å². The van der Waals surface area contributed by atoms with E-state index < -0.39 is 0 Å².